The number of aliphatic hydroxyl groups excluding tert-OH is 1. The highest BCUT2D eigenvalue weighted by atomic mass is 16.5. The first-order chi connectivity index (χ1) is 7.45. The van der Waals surface area contributed by atoms with Crippen LogP contribution in [0, 0.1) is 0 Å². The zero-order chi connectivity index (χ0) is 12.2. The van der Waals surface area contributed by atoms with Crippen molar-refractivity contribution in [2.45, 2.75) is 38.8 Å². The van der Waals surface area contributed by atoms with Gasteiger partial charge in [-0.3, -0.25) is 0 Å². The van der Waals surface area contributed by atoms with Crippen LogP contribution in [0.5, 0.6) is 5.75 Å². The fourth-order valence-corrected chi connectivity index (χ4v) is 1.40. The number of benzene rings is 1. The van der Waals surface area contributed by atoms with Gasteiger partial charge in [0.2, 0.25) is 0 Å². The second-order valence-electron chi connectivity index (χ2n) is 4.64. The molecule has 90 valence electrons. The van der Waals surface area contributed by atoms with Gasteiger partial charge in [-0.2, -0.15) is 0 Å². The first-order valence-corrected chi connectivity index (χ1v) is 5.65. The average molecular weight is 223 g/mol. The Kier molecular flexibility index (Phi) is 4.33. The molecule has 0 heterocycles. The Morgan fingerprint density at radius 2 is 1.88 bits per heavy atom. The molecular formula is C13H21NO2. The van der Waals surface area contributed by atoms with Crippen molar-refractivity contribution in [1.82, 2.24) is 0 Å². The van der Waals surface area contributed by atoms with Gasteiger partial charge in [0.25, 0.3) is 0 Å². The van der Waals surface area contributed by atoms with E-state index in [4.69, 9.17) is 10.5 Å². The largest absolute Gasteiger partial charge is 0.494 e. The first-order valence-electron chi connectivity index (χ1n) is 5.65. The summed E-state index contributed by atoms with van der Waals surface area (Å²) in [6, 6.07) is 7.43. The molecule has 0 bridgehead atoms. The molecule has 0 saturated heterocycles. The van der Waals surface area contributed by atoms with Crippen LogP contribution in [0.25, 0.3) is 0 Å². The molecule has 3 N–H and O–H groups in total. The smallest absolute Gasteiger partial charge is 0.119 e. The van der Waals surface area contributed by atoms with E-state index in [1.54, 1.807) is 13.8 Å². The molecule has 1 atom stereocenters. The molecule has 0 fully saturated rings. The maximum absolute atomic E-state index is 9.96. The lowest BCUT2D eigenvalue weighted by molar-refractivity contribution is 0.104. The summed E-state index contributed by atoms with van der Waals surface area (Å²) in [4.78, 5) is 0. The minimum Gasteiger partial charge on any atom is -0.494 e. The number of aliphatic hydroxyl groups is 1. The van der Waals surface area contributed by atoms with Gasteiger partial charge in [0.15, 0.2) is 0 Å². The quantitative estimate of drug-likeness (QED) is 0.805. The van der Waals surface area contributed by atoms with Crippen molar-refractivity contribution in [2.24, 2.45) is 5.73 Å². The summed E-state index contributed by atoms with van der Waals surface area (Å²) in [5.74, 6) is 0.827. The summed E-state index contributed by atoms with van der Waals surface area (Å²) in [5.41, 5.74) is 6.03. The van der Waals surface area contributed by atoms with Gasteiger partial charge < -0.3 is 15.6 Å². The number of hydrogen-bond donors (Lipinski definition) is 2. The minimum atomic E-state index is -0.660. The fraction of sp³-hybridized carbons (Fsp3) is 0.538. The van der Waals surface area contributed by atoms with Crippen LogP contribution in [0.2, 0.25) is 0 Å². The summed E-state index contributed by atoms with van der Waals surface area (Å²) in [6.45, 7) is 6.39. The van der Waals surface area contributed by atoms with Crippen LogP contribution in [0.4, 0.5) is 0 Å². The topological polar surface area (TPSA) is 55.5 Å². The van der Waals surface area contributed by atoms with Crippen molar-refractivity contribution >= 4 is 0 Å². The predicted octanol–water partition coefficient (Wildman–Crippen LogP) is 2.25. The van der Waals surface area contributed by atoms with Crippen molar-refractivity contribution in [2.75, 3.05) is 6.61 Å². The predicted molar refractivity (Wildman–Crippen MR) is 65.5 cm³/mol. The van der Waals surface area contributed by atoms with E-state index in [0.29, 0.717) is 6.61 Å². The maximum atomic E-state index is 9.96. The molecule has 1 rings (SSSR count). The molecule has 16 heavy (non-hydrogen) atoms. The molecule has 0 aliphatic rings. The Morgan fingerprint density at radius 3 is 2.31 bits per heavy atom. The monoisotopic (exact) mass is 223 g/mol. The first kappa shape index (κ1) is 13.0. The van der Waals surface area contributed by atoms with Gasteiger partial charge in [-0.25, -0.2) is 0 Å². The summed E-state index contributed by atoms with van der Waals surface area (Å²) >= 11 is 0. The standard InChI is InChI=1S/C13H21NO2/c1-4-9-16-11-7-5-10(6-8-11)12(15)13(2,3)14/h5-8,12,15H,4,9,14H2,1-3H3. The summed E-state index contributed by atoms with van der Waals surface area (Å²) in [7, 11) is 0. The van der Waals surface area contributed by atoms with Crippen LogP contribution >= 0.6 is 0 Å². The molecule has 0 radical (unpaired) electrons. The summed E-state index contributed by atoms with van der Waals surface area (Å²) in [5, 5.41) is 9.96. The highest BCUT2D eigenvalue weighted by molar-refractivity contribution is 5.29. The number of nitrogens with two attached hydrogens (primary N) is 1. The number of ether oxygens (including phenoxy) is 1. The van der Waals surface area contributed by atoms with E-state index in [0.717, 1.165) is 17.7 Å². The third-order valence-electron chi connectivity index (χ3n) is 2.37. The van der Waals surface area contributed by atoms with Gasteiger partial charge in [-0.05, 0) is 38.0 Å². The van der Waals surface area contributed by atoms with Crippen LogP contribution in [0.15, 0.2) is 24.3 Å². The third kappa shape index (κ3) is 3.51. The molecule has 1 aromatic rings. The second-order valence-corrected chi connectivity index (χ2v) is 4.64. The lowest BCUT2D eigenvalue weighted by Gasteiger charge is -2.26. The molecule has 1 unspecified atom stereocenters. The summed E-state index contributed by atoms with van der Waals surface area (Å²) < 4.78 is 5.46. The van der Waals surface area contributed by atoms with E-state index in [-0.39, 0.29) is 0 Å². The molecule has 1 aromatic carbocycles. The van der Waals surface area contributed by atoms with Crippen molar-refractivity contribution < 1.29 is 9.84 Å². The highest BCUT2D eigenvalue weighted by Gasteiger charge is 2.24. The van der Waals surface area contributed by atoms with Crippen LogP contribution in [-0.2, 0) is 0 Å². The molecule has 3 heteroatoms. The molecule has 0 amide bonds. The van der Waals surface area contributed by atoms with Gasteiger partial charge in [-0.1, -0.05) is 19.1 Å². The SMILES string of the molecule is CCCOc1ccc(C(O)C(C)(C)N)cc1. The Morgan fingerprint density at radius 1 is 1.31 bits per heavy atom. The van der Waals surface area contributed by atoms with Gasteiger partial charge in [0.05, 0.1) is 12.7 Å². The molecule has 0 saturated carbocycles. The third-order valence-corrected chi connectivity index (χ3v) is 2.37. The normalized spacial score (nSPS) is 13.6. The van der Waals surface area contributed by atoms with Crippen molar-refractivity contribution in [3.8, 4) is 5.75 Å². The van der Waals surface area contributed by atoms with E-state index in [1.165, 1.54) is 0 Å². The van der Waals surface area contributed by atoms with E-state index in [1.807, 2.05) is 24.3 Å². The van der Waals surface area contributed by atoms with E-state index in [2.05, 4.69) is 6.92 Å². The Balaban J connectivity index is 2.71. The highest BCUT2D eigenvalue weighted by Crippen LogP contribution is 2.24. The molecular weight excluding hydrogens is 202 g/mol. The molecule has 0 aromatic heterocycles. The molecule has 0 spiro atoms. The van der Waals surface area contributed by atoms with Gasteiger partial charge in [-0.15, -0.1) is 0 Å². The lowest BCUT2D eigenvalue weighted by atomic mass is 9.92. The number of rotatable bonds is 5. The van der Waals surface area contributed by atoms with Crippen LogP contribution in [0.1, 0.15) is 38.9 Å². The maximum Gasteiger partial charge on any atom is 0.119 e. The summed E-state index contributed by atoms with van der Waals surface area (Å²) in [6.07, 6.45) is 0.327. The van der Waals surface area contributed by atoms with Gasteiger partial charge in [0.1, 0.15) is 5.75 Å². The van der Waals surface area contributed by atoms with Crippen molar-refractivity contribution in [3.63, 3.8) is 0 Å². The van der Waals surface area contributed by atoms with Gasteiger partial charge >= 0.3 is 0 Å². The number of hydrogen-bond acceptors (Lipinski definition) is 3. The Hall–Kier alpha value is -1.06. The van der Waals surface area contributed by atoms with E-state index in [9.17, 15) is 5.11 Å². The Bertz CT molecular complexity index is 314. The van der Waals surface area contributed by atoms with Crippen LogP contribution < -0.4 is 10.5 Å². The van der Waals surface area contributed by atoms with E-state index < -0.39 is 11.6 Å². The zero-order valence-corrected chi connectivity index (χ0v) is 10.2. The van der Waals surface area contributed by atoms with Gasteiger partial charge in [0, 0.05) is 5.54 Å². The van der Waals surface area contributed by atoms with Crippen LogP contribution in [-0.4, -0.2) is 17.3 Å². The average Bonchev–Trinajstić information content (AvgIpc) is 2.25. The fourth-order valence-electron chi connectivity index (χ4n) is 1.40. The minimum absolute atomic E-state index is 0.633. The van der Waals surface area contributed by atoms with Crippen molar-refractivity contribution in [1.29, 1.82) is 0 Å². The van der Waals surface area contributed by atoms with Crippen LogP contribution in [0.3, 0.4) is 0 Å². The molecule has 3 nitrogen and oxygen atoms in total. The van der Waals surface area contributed by atoms with Crippen molar-refractivity contribution in [3.05, 3.63) is 29.8 Å². The Labute approximate surface area is 97.2 Å². The lowest BCUT2D eigenvalue weighted by Crippen LogP contribution is -2.39. The molecule has 0 aliphatic carbocycles. The second kappa shape index (κ2) is 5.32. The van der Waals surface area contributed by atoms with E-state index >= 15 is 0 Å². The molecule has 0 aliphatic heterocycles. The zero-order valence-electron chi connectivity index (χ0n) is 10.2.